The molecule has 1 fully saturated rings. The van der Waals surface area contributed by atoms with E-state index in [1.165, 1.54) is 0 Å². The quantitative estimate of drug-likeness (QED) is 0.762. The standard InChI is InChI=1S/C18H22F3N5O/c19-18(20,21)9-22-7-11-1-3-12(4-2-11)26-10-25-17(27)14-8-24-16-13(15(14)26)5-6-23-16/h5-6,8,11-12,22H,1-4,7,9-10H2,(H,23,24)(H,25,27). The zero-order valence-electron chi connectivity index (χ0n) is 14.8. The summed E-state index contributed by atoms with van der Waals surface area (Å²) < 4.78 is 36.8. The highest BCUT2D eigenvalue weighted by atomic mass is 19.4. The highest BCUT2D eigenvalue weighted by molar-refractivity contribution is 6.08. The Labute approximate surface area is 154 Å². The molecule has 9 heteroatoms. The van der Waals surface area contributed by atoms with Crippen LogP contribution in [0.2, 0.25) is 0 Å². The molecule has 0 spiro atoms. The Hall–Kier alpha value is -2.29. The van der Waals surface area contributed by atoms with Crippen LogP contribution in [0.15, 0.2) is 18.5 Å². The molecule has 0 radical (unpaired) electrons. The third-order valence-electron chi connectivity index (χ3n) is 5.52. The fourth-order valence-electron chi connectivity index (χ4n) is 4.19. The molecule has 1 saturated carbocycles. The van der Waals surface area contributed by atoms with Crippen molar-refractivity contribution in [2.45, 2.75) is 37.9 Å². The van der Waals surface area contributed by atoms with E-state index < -0.39 is 12.7 Å². The molecule has 2 aromatic heterocycles. The number of carbonyl (C=O) groups excluding carboxylic acids is 1. The van der Waals surface area contributed by atoms with Crippen LogP contribution >= 0.6 is 0 Å². The van der Waals surface area contributed by atoms with E-state index in [-0.39, 0.29) is 17.9 Å². The number of hydrogen-bond acceptors (Lipinski definition) is 4. The van der Waals surface area contributed by atoms with Gasteiger partial charge in [0.25, 0.3) is 5.91 Å². The first-order chi connectivity index (χ1) is 12.9. The first-order valence-corrected chi connectivity index (χ1v) is 9.21. The zero-order valence-corrected chi connectivity index (χ0v) is 14.8. The Morgan fingerprint density at radius 3 is 2.78 bits per heavy atom. The highest BCUT2D eigenvalue weighted by Gasteiger charge is 2.33. The maximum atomic E-state index is 12.3. The summed E-state index contributed by atoms with van der Waals surface area (Å²) in [7, 11) is 0. The van der Waals surface area contributed by atoms with Gasteiger partial charge in [-0.15, -0.1) is 0 Å². The molecule has 27 heavy (non-hydrogen) atoms. The maximum Gasteiger partial charge on any atom is 0.401 e. The molecule has 1 aliphatic carbocycles. The van der Waals surface area contributed by atoms with Gasteiger partial charge in [0.1, 0.15) is 5.65 Å². The SMILES string of the molecule is O=C1NCN(C2CCC(CNCC(F)(F)F)CC2)c2c1cnc1[nH]ccc21. The van der Waals surface area contributed by atoms with Crippen molar-refractivity contribution in [3.05, 3.63) is 24.0 Å². The average molecular weight is 381 g/mol. The van der Waals surface area contributed by atoms with Crippen LogP contribution in [0.25, 0.3) is 11.0 Å². The summed E-state index contributed by atoms with van der Waals surface area (Å²) in [5.74, 6) is 0.133. The van der Waals surface area contributed by atoms with Crippen LogP contribution in [0, 0.1) is 5.92 Å². The molecule has 1 amide bonds. The Balaban J connectivity index is 1.45. The number of nitrogens with one attached hydrogen (secondary N) is 3. The topological polar surface area (TPSA) is 73.1 Å². The number of alkyl halides is 3. The highest BCUT2D eigenvalue weighted by Crippen LogP contribution is 2.37. The third-order valence-corrected chi connectivity index (χ3v) is 5.52. The van der Waals surface area contributed by atoms with Crippen molar-refractivity contribution in [1.82, 2.24) is 20.6 Å². The molecule has 4 rings (SSSR count). The predicted octanol–water partition coefficient (Wildman–Crippen LogP) is 2.78. The summed E-state index contributed by atoms with van der Waals surface area (Å²) in [5, 5.41) is 6.35. The molecular weight excluding hydrogens is 359 g/mol. The van der Waals surface area contributed by atoms with Crippen LogP contribution in [0.3, 0.4) is 0 Å². The maximum absolute atomic E-state index is 12.3. The van der Waals surface area contributed by atoms with Crippen LogP contribution < -0.4 is 15.5 Å². The van der Waals surface area contributed by atoms with Crippen molar-refractivity contribution in [1.29, 1.82) is 0 Å². The van der Waals surface area contributed by atoms with Gasteiger partial charge in [-0.05, 0) is 44.2 Å². The van der Waals surface area contributed by atoms with Crippen molar-refractivity contribution in [3.63, 3.8) is 0 Å². The minimum atomic E-state index is -4.16. The van der Waals surface area contributed by atoms with E-state index in [1.807, 2.05) is 12.3 Å². The fraction of sp³-hybridized carbons (Fsp3) is 0.556. The second-order valence-corrected chi connectivity index (χ2v) is 7.31. The van der Waals surface area contributed by atoms with Gasteiger partial charge < -0.3 is 20.5 Å². The number of rotatable bonds is 4. The Morgan fingerprint density at radius 1 is 1.26 bits per heavy atom. The van der Waals surface area contributed by atoms with Gasteiger partial charge in [0.05, 0.1) is 24.5 Å². The van der Waals surface area contributed by atoms with Crippen LogP contribution in [-0.2, 0) is 0 Å². The lowest BCUT2D eigenvalue weighted by Crippen LogP contribution is -2.50. The number of fused-ring (bicyclic) bond motifs is 3. The third kappa shape index (κ3) is 3.73. The number of H-pyrrole nitrogens is 1. The van der Waals surface area contributed by atoms with Gasteiger partial charge >= 0.3 is 6.18 Å². The van der Waals surface area contributed by atoms with Crippen molar-refractivity contribution in [3.8, 4) is 0 Å². The minimum Gasteiger partial charge on any atom is -0.350 e. The molecular formula is C18H22F3N5O. The van der Waals surface area contributed by atoms with Crippen LogP contribution in [0.4, 0.5) is 18.9 Å². The molecule has 2 aliphatic rings. The van der Waals surface area contributed by atoms with Gasteiger partial charge in [-0.1, -0.05) is 0 Å². The molecule has 3 N–H and O–H groups in total. The predicted molar refractivity (Wildman–Crippen MR) is 95.6 cm³/mol. The molecule has 0 bridgehead atoms. The van der Waals surface area contributed by atoms with E-state index in [1.54, 1.807) is 6.20 Å². The molecule has 146 valence electrons. The fourth-order valence-corrected chi connectivity index (χ4v) is 4.19. The summed E-state index contributed by atoms with van der Waals surface area (Å²) in [4.78, 5) is 21.8. The van der Waals surface area contributed by atoms with Gasteiger partial charge in [-0.3, -0.25) is 4.79 Å². The number of hydrogen-bond donors (Lipinski definition) is 3. The van der Waals surface area contributed by atoms with Crippen molar-refractivity contribution in [2.24, 2.45) is 5.92 Å². The van der Waals surface area contributed by atoms with Crippen LogP contribution in [-0.4, -0.2) is 47.9 Å². The van der Waals surface area contributed by atoms with E-state index in [4.69, 9.17) is 0 Å². The smallest absolute Gasteiger partial charge is 0.350 e. The van der Waals surface area contributed by atoms with Crippen LogP contribution in [0.1, 0.15) is 36.0 Å². The van der Waals surface area contributed by atoms with E-state index >= 15 is 0 Å². The largest absolute Gasteiger partial charge is 0.401 e. The van der Waals surface area contributed by atoms with Gasteiger partial charge in [-0.25, -0.2) is 4.98 Å². The lowest BCUT2D eigenvalue weighted by molar-refractivity contribution is -0.125. The average Bonchev–Trinajstić information content (AvgIpc) is 3.11. The van der Waals surface area contributed by atoms with E-state index in [9.17, 15) is 18.0 Å². The molecule has 0 aromatic carbocycles. The zero-order chi connectivity index (χ0) is 19.0. The number of nitrogens with zero attached hydrogens (tertiary/aromatic N) is 2. The van der Waals surface area contributed by atoms with Crippen molar-refractivity contribution in [2.75, 3.05) is 24.7 Å². The lowest BCUT2D eigenvalue weighted by Gasteiger charge is -2.41. The summed E-state index contributed by atoms with van der Waals surface area (Å²) in [5.41, 5.74) is 2.23. The summed E-state index contributed by atoms with van der Waals surface area (Å²) in [6.07, 6.45) is 2.77. The number of carbonyl (C=O) groups is 1. The number of halogens is 3. The Morgan fingerprint density at radius 2 is 2.04 bits per heavy atom. The Kier molecular flexibility index (Phi) is 4.71. The normalized spacial score (nSPS) is 23.4. The number of anilines is 1. The van der Waals surface area contributed by atoms with E-state index in [0.29, 0.717) is 18.8 Å². The van der Waals surface area contributed by atoms with E-state index in [2.05, 4.69) is 25.5 Å². The van der Waals surface area contributed by atoms with E-state index in [0.717, 1.165) is 42.4 Å². The molecule has 0 atom stereocenters. The number of aromatic amines is 1. The number of amides is 1. The Bertz CT molecular complexity index is 826. The van der Waals surface area contributed by atoms with Gasteiger partial charge in [0.2, 0.25) is 0 Å². The lowest BCUT2D eigenvalue weighted by atomic mass is 9.84. The second kappa shape index (κ2) is 7.03. The number of pyridine rings is 1. The second-order valence-electron chi connectivity index (χ2n) is 7.31. The molecule has 2 aromatic rings. The minimum absolute atomic E-state index is 0.123. The van der Waals surface area contributed by atoms with Crippen molar-refractivity contribution >= 4 is 22.6 Å². The van der Waals surface area contributed by atoms with Gasteiger partial charge in [-0.2, -0.15) is 13.2 Å². The first-order valence-electron chi connectivity index (χ1n) is 9.21. The number of aromatic nitrogens is 2. The molecule has 3 heterocycles. The summed E-state index contributed by atoms with van der Waals surface area (Å²) in [6, 6.07) is 2.18. The molecule has 0 unspecified atom stereocenters. The first kappa shape index (κ1) is 18.1. The monoisotopic (exact) mass is 381 g/mol. The molecule has 6 nitrogen and oxygen atoms in total. The van der Waals surface area contributed by atoms with Crippen molar-refractivity contribution < 1.29 is 18.0 Å². The summed E-state index contributed by atoms with van der Waals surface area (Å²) >= 11 is 0. The molecule has 0 saturated heterocycles. The van der Waals surface area contributed by atoms with Crippen LogP contribution in [0.5, 0.6) is 0 Å². The summed E-state index contributed by atoms with van der Waals surface area (Å²) in [6.45, 7) is -0.0970. The molecule has 1 aliphatic heterocycles. The van der Waals surface area contributed by atoms with Gasteiger partial charge in [0, 0.05) is 23.8 Å². The van der Waals surface area contributed by atoms with Gasteiger partial charge in [0.15, 0.2) is 0 Å².